The highest BCUT2D eigenvalue weighted by Gasteiger charge is 2.14. The number of aliphatic imine (C=N–C) groups is 1. The molecule has 0 unspecified atom stereocenters. The number of fused-ring (bicyclic) bond motifs is 1. The van der Waals surface area contributed by atoms with Crippen LogP contribution in [0.4, 0.5) is 0 Å². The SMILES string of the molecule is CN=C(NCCCc1nnc2n1CCCCC2)N(C)CCOc1ccc(OC)cc1.I. The number of aryl methyl sites for hydroxylation is 2. The van der Waals surface area contributed by atoms with Crippen LogP contribution in [0.5, 0.6) is 11.5 Å². The van der Waals surface area contributed by atoms with Crippen LogP contribution >= 0.6 is 24.0 Å². The molecule has 0 radical (unpaired) electrons. The van der Waals surface area contributed by atoms with Gasteiger partial charge in [0.1, 0.15) is 29.8 Å². The molecule has 0 fully saturated rings. The van der Waals surface area contributed by atoms with Gasteiger partial charge >= 0.3 is 0 Å². The lowest BCUT2D eigenvalue weighted by Crippen LogP contribution is -2.41. The molecule has 8 nitrogen and oxygen atoms in total. The van der Waals surface area contributed by atoms with Crippen molar-refractivity contribution in [3.8, 4) is 11.5 Å². The van der Waals surface area contributed by atoms with Gasteiger partial charge in [0.25, 0.3) is 0 Å². The first-order chi connectivity index (χ1) is 14.7. The van der Waals surface area contributed by atoms with Crippen LogP contribution in [-0.4, -0.2) is 66.5 Å². The van der Waals surface area contributed by atoms with E-state index in [0.29, 0.717) is 6.61 Å². The Morgan fingerprint density at radius 1 is 1.16 bits per heavy atom. The van der Waals surface area contributed by atoms with Gasteiger partial charge in [-0.2, -0.15) is 0 Å². The molecule has 1 aliphatic rings. The van der Waals surface area contributed by atoms with E-state index in [9.17, 15) is 0 Å². The molecule has 2 heterocycles. The standard InChI is InChI=1S/C22H34N6O2.HI/c1-23-22(27(2)16-17-30-19-12-10-18(29-3)11-13-19)24-14-7-9-21-26-25-20-8-5-4-6-15-28(20)21;/h10-13H,4-9,14-17H2,1-3H3,(H,23,24);1H. The maximum absolute atomic E-state index is 5.81. The summed E-state index contributed by atoms with van der Waals surface area (Å²) in [5, 5.41) is 12.2. The molecule has 31 heavy (non-hydrogen) atoms. The molecule has 0 amide bonds. The Labute approximate surface area is 202 Å². The van der Waals surface area contributed by atoms with E-state index in [0.717, 1.165) is 68.0 Å². The smallest absolute Gasteiger partial charge is 0.193 e. The van der Waals surface area contributed by atoms with Crippen LogP contribution in [-0.2, 0) is 19.4 Å². The number of nitrogens with one attached hydrogen (secondary N) is 1. The number of ether oxygens (including phenoxy) is 2. The van der Waals surface area contributed by atoms with Crippen molar-refractivity contribution in [3.05, 3.63) is 35.9 Å². The molecule has 0 bridgehead atoms. The number of hydrogen-bond donors (Lipinski definition) is 1. The second-order valence-corrected chi connectivity index (χ2v) is 7.52. The Hall–Kier alpha value is -2.04. The van der Waals surface area contributed by atoms with Crippen LogP contribution in [0.3, 0.4) is 0 Å². The van der Waals surface area contributed by atoms with Gasteiger partial charge in [0.2, 0.25) is 0 Å². The van der Waals surface area contributed by atoms with Crippen molar-refractivity contribution in [2.45, 2.75) is 45.1 Å². The van der Waals surface area contributed by atoms with E-state index in [1.54, 1.807) is 7.11 Å². The molecule has 0 saturated carbocycles. The van der Waals surface area contributed by atoms with E-state index in [1.165, 1.54) is 19.3 Å². The minimum atomic E-state index is 0. The highest BCUT2D eigenvalue weighted by Crippen LogP contribution is 2.17. The lowest BCUT2D eigenvalue weighted by atomic mass is 10.2. The van der Waals surface area contributed by atoms with Crippen molar-refractivity contribution in [2.24, 2.45) is 4.99 Å². The predicted molar refractivity (Wildman–Crippen MR) is 134 cm³/mol. The van der Waals surface area contributed by atoms with Gasteiger partial charge in [-0.3, -0.25) is 4.99 Å². The molecule has 0 atom stereocenters. The first-order valence-corrected chi connectivity index (χ1v) is 10.8. The lowest BCUT2D eigenvalue weighted by Gasteiger charge is -2.22. The van der Waals surface area contributed by atoms with Crippen molar-refractivity contribution < 1.29 is 9.47 Å². The number of likely N-dealkylation sites (N-methyl/N-ethyl adjacent to an activating group) is 1. The number of guanidine groups is 1. The maximum Gasteiger partial charge on any atom is 0.193 e. The summed E-state index contributed by atoms with van der Waals surface area (Å²) in [6, 6.07) is 7.62. The molecule has 9 heteroatoms. The third-order valence-electron chi connectivity index (χ3n) is 5.37. The van der Waals surface area contributed by atoms with E-state index in [-0.39, 0.29) is 24.0 Å². The highest BCUT2D eigenvalue weighted by atomic mass is 127. The topological polar surface area (TPSA) is 76.8 Å². The molecule has 3 rings (SSSR count). The molecule has 0 spiro atoms. The number of methoxy groups -OCH3 is 1. The maximum atomic E-state index is 5.81. The van der Waals surface area contributed by atoms with Crippen molar-refractivity contribution in [2.75, 3.05) is 40.9 Å². The summed E-state index contributed by atoms with van der Waals surface area (Å²) in [6.07, 6.45) is 6.72. The summed E-state index contributed by atoms with van der Waals surface area (Å²) in [7, 11) is 5.48. The van der Waals surface area contributed by atoms with Gasteiger partial charge in [0.05, 0.1) is 13.7 Å². The van der Waals surface area contributed by atoms with Gasteiger partial charge < -0.3 is 24.3 Å². The zero-order chi connectivity index (χ0) is 21.2. The van der Waals surface area contributed by atoms with Crippen LogP contribution in [0.1, 0.15) is 37.3 Å². The average Bonchev–Trinajstić information content (AvgIpc) is 3.00. The third kappa shape index (κ3) is 7.55. The average molecular weight is 542 g/mol. The van der Waals surface area contributed by atoms with Crippen LogP contribution in [0.15, 0.2) is 29.3 Å². The number of aromatic nitrogens is 3. The molecule has 172 valence electrons. The predicted octanol–water partition coefficient (Wildman–Crippen LogP) is 3.15. The van der Waals surface area contributed by atoms with Crippen LogP contribution in [0.25, 0.3) is 0 Å². The van der Waals surface area contributed by atoms with E-state index in [1.807, 2.05) is 38.4 Å². The van der Waals surface area contributed by atoms with E-state index in [2.05, 4.69) is 30.0 Å². The first kappa shape index (κ1) is 25.2. The van der Waals surface area contributed by atoms with E-state index >= 15 is 0 Å². The van der Waals surface area contributed by atoms with Crippen LogP contribution in [0, 0.1) is 0 Å². The monoisotopic (exact) mass is 542 g/mol. The molecule has 1 aliphatic heterocycles. The van der Waals surface area contributed by atoms with Crippen molar-refractivity contribution in [3.63, 3.8) is 0 Å². The van der Waals surface area contributed by atoms with Gasteiger partial charge in [-0.05, 0) is 43.5 Å². The highest BCUT2D eigenvalue weighted by molar-refractivity contribution is 14.0. The van der Waals surface area contributed by atoms with Crippen molar-refractivity contribution in [1.82, 2.24) is 25.0 Å². The third-order valence-corrected chi connectivity index (χ3v) is 5.37. The summed E-state index contributed by atoms with van der Waals surface area (Å²) in [6.45, 7) is 3.22. The number of nitrogens with zero attached hydrogens (tertiary/aromatic N) is 5. The Morgan fingerprint density at radius 3 is 2.68 bits per heavy atom. The zero-order valence-corrected chi connectivity index (χ0v) is 21.2. The fourth-order valence-corrected chi connectivity index (χ4v) is 3.64. The minimum absolute atomic E-state index is 0. The van der Waals surface area contributed by atoms with Gasteiger partial charge in [0.15, 0.2) is 5.96 Å². The summed E-state index contributed by atoms with van der Waals surface area (Å²) < 4.78 is 13.3. The number of rotatable bonds is 9. The summed E-state index contributed by atoms with van der Waals surface area (Å²) in [5.74, 6) is 4.80. The van der Waals surface area contributed by atoms with Crippen molar-refractivity contribution >= 4 is 29.9 Å². The summed E-state index contributed by atoms with van der Waals surface area (Å²) in [4.78, 5) is 6.46. The molecule has 1 N–H and O–H groups in total. The van der Waals surface area contributed by atoms with E-state index in [4.69, 9.17) is 9.47 Å². The first-order valence-electron chi connectivity index (χ1n) is 10.8. The molecule has 1 aromatic carbocycles. The second-order valence-electron chi connectivity index (χ2n) is 7.52. The molecule has 1 aromatic heterocycles. The Bertz CT molecular complexity index is 809. The van der Waals surface area contributed by atoms with E-state index < -0.39 is 0 Å². The number of benzene rings is 1. The normalized spacial score (nSPS) is 13.6. The Balaban J connectivity index is 0.00000341. The molecule has 0 saturated heterocycles. The Morgan fingerprint density at radius 2 is 1.94 bits per heavy atom. The molecule has 0 aliphatic carbocycles. The van der Waals surface area contributed by atoms with Gasteiger partial charge in [-0.25, -0.2) is 0 Å². The lowest BCUT2D eigenvalue weighted by molar-refractivity contribution is 0.281. The van der Waals surface area contributed by atoms with Gasteiger partial charge in [0, 0.05) is 40.0 Å². The number of halogens is 1. The zero-order valence-electron chi connectivity index (χ0n) is 18.8. The molecular weight excluding hydrogens is 507 g/mol. The summed E-state index contributed by atoms with van der Waals surface area (Å²) >= 11 is 0. The van der Waals surface area contributed by atoms with Crippen molar-refractivity contribution in [1.29, 1.82) is 0 Å². The molecule has 2 aromatic rings. The van der Waals surface area contributed by atoms with Gasteiger partial charge in [-0.15, -0.1) is 34.2 Å². The quantitative estimate of drug-likeness (QED) is 0.227. The van der Waals surface area contributed by atoms with Crippen LogP contribution < -0.4 is 14.8 Å². The fraction of sp³-hybridized carbons (Fsp3) is 0.591. The number of hydrogen-bond acceptors (Lipinski definition) is 5. The fourth-order valence-electron chi connectivity index (χ4n) is 3.64. The largest absolute Gasteiger partial charge is 0.497 e. The minimum Gasteiger partial charge on any atom is -0.497 e. The molecular formula is C22H35IN6O2. The summed E-state index contributed by atoms with van der Waals surface area (Å²) in [5.41, 5.74) is 0. The second kappa shape index (κ2) is 13.4. The van der Waals surface area contributed by atoms with Crippen LogP contribution in [0.2, 0.25) is 0 Å². The Kier molecular flexibility index (Phi) is 10.9. The van der Waals surface area contributed by atoms with Gasteiger partial charge in [-0.1, -0.05) is 6.42 Å².